The second-order valence-corrected chi connectivity index (χ2v) is 7.65. The molecule has 1 unspecified atom stereocenters. The average molecular weight is 434 g/mol. The fourth-order valence-electron chi connectivity index (χ4n) is 3.41. The first-order valence-corrected chi connectivity index (χ1v) is 10.7. The Labute approximate surface area is 189 Å². The van der Waals surface area contributed by atoms with Crippen LogP contribution in [0.1, 0.15) is 16.7 Å². The van der Waals surface area contributed by atoms with Crippen molar-refractivity contribution in [3.8, 4) is 5.75 Å². The van der Waals surface area contributed by atoms with Gasteiger partial charge in [0.15, 0.2) is 0 Å². The van der Waals surface area contributed by atoms with E-state index in [0.29, 0.717) is 19.5 Å². The van der Waals surface area contributed by atoms with Crippen LogP contribution in [0.15, 0.2) is 84.9 Å². The van der Waals surface area contributed by atoms with Crippen molar-refractivity contribution in [1.82, 2.24) is 10.6 Å². The van der Waals surface area contributed by atoms with Crippen LogP contribution in [0.4, 0.5) is 4.79 Å². The molecule has 0 heterocycles. The van der Waals surface area contributed by atoms with E-state index >= 15 is 0 Å². The van der Waals surface area contributed by atoms with Gasteiger partial charge in [0.1, 0.15) is 12.4 Å². The summed E-state index contributed by atoms with van der Waals surface area (Å²) in [6.07, 6.45) is 0.163. The molecule has 6 nitrogen and oxygen atoms in total. The first kappa shape index (κ1) is 23.3. The Bertz CT molecular complexity index is 951. The molecule has 1 amide bonds. The minimum atomic E-state index is -0.481. The zero-order valence-corrected chi connectivity index (χ0v) is 18.4. The molecule has 3 aromatic carbocycles. The van der Waals surface area contributed by atoms with Crippen LogP contribution < -0.4 is 21.1 Å². The van der Waals surface area contributed by atoms with Crippen molar-refractivity contribution in [1.29, 1.82) is 0 Å². The van der Waals surface area contributed by atoms with Crippen molar-refractivity contribution in [2.45, 2.75) is 31.7 Å². The molecule has 3 rings (SSSR count). The van der Waals surface area contributed by atoms with E-state index in [2.05, 4.69) is 10.6 Å². The van der Waals surface area contributed by atoms with Crippen LogP contribution in [0.3, 0.4) is 0 Å². The van der Waals surface area contributed by atoms with Gasteiger partial charge in [0.2, 0.25) is 0 Å². The van der Waals surface area contributed by atoms with Gasteiger partial charge < -0.3 is 25.8 Å². The molecular weight excluding hydrogens is 402 g/mol. The fourth-order valence-corrected chi connectivity index (χ4v) is 3.41. The highest BCUT2D eigenvalue weighted by Crippen LogP contribution is 2.12. The topological polar surface area (TPSA) is 85.6 Å². The van der Waals surface area contributed by atoms with Gasteiger partial charge in [-0.2, -0.15) is 0 Å². The van der Waals surface area contributed by atoms with Crippen LogP contribution in [0, 0.1) is 0 Å². The van der Waals surface area contributed by atoms with E-state index in [1.165, 1.54) is 0 Å². The van der Waals surface area contributed by atoms with Gasteiger partial charge in [0.25, 0.3) is 0 Å². The summed E-state index contributed by atoms with van der Waals surface area (Å²) in [4.78, 5) is 12.5. The van der Waals surface area contributed by atoms with Gasteiger partial charge >= 0.3 is 6.09 Å². The third-order valence-electron chi connectivity index (χ3n) is 5.17. The molecule has 0 aliphatic rings. The highest BCUT2D eigenvalue weighted by Gasteiger charge is 2.21. The largest absolute Gasteiger partial charge is 0.497 e. The molecule has 0 aliphatic carbocycles. The van der Waals surface area contributed by atoms with Crippen LogP contribution in [0.2, 0.25) is 0 Å². The number of ether oxygens (including phenoxy) is 2. The zero-order valence-electron chi connectivity index (χ0n) is 18.4. The Morgan fingerprint density at radius 1 is 0.906 bits per heavy atom. The van der Waals surface area contributed by atoms with Crippen molar-refractivity contribution in [3.05, 3.63) is 102 Å². The van der Waals surface area contributed by atoms with Crippen LogP contribution in [0.25, 0.3) is 0 Å². The Morgan fingerprint density at radius 3 is 2.25 bits per heavy atom. The number of amides is 1. The van der Waals surface area contributed by atoms with Crippen molar-refractivity contribution < 1.29 is 14.3 Å². The third-order valence-corrected chi connectivity index (χ3v) is 5.17. The maximum absolute atomic E-state index is 12.5. The Balaban J connectivity index is 1.58. The predicted octanol–water partition coefficient (Wildman–Crippen LogP) is 3.65. The van der Waals surface area contributed by atoms with E-state index in [0.717, 1.165) is 22.4 Å². The van der Waals surface area contributed by atoms with Crippen molar-refractivity contribution >= 4 is 6.09 Å². The molecule has 2 atom stereocenters. The molecule has 0 aromatic heterocycles. The molecule has 0 fully saturated rings. The zero-order chi connectivity index (χ0) is 22.6. The number of carbonyl (C=O) groups is 1. The summed E-state index contributed by atoms with van der Waals surface area (Å²) in [5, 5.41) is 6.34. The number of alkyl carbamates (subject to hydrolysis) is 1. The molecule has 4 N–H and O–H groups in total. The van der Waals surface area contributed by atoms with Crippen LogP contribution >= 0.6 is 0 Å². The highest BCUT2D eigenvalue weighted by atomic mass is 16.5. The van der Waals surface area contributed by atoms with Crippen molar-refractivity contribution in [2.24, 2.45) is 5.73 Å². The second-order valence-electron chi connectivity index (χ2n) is 7.65. The monoisotopic (exact) mass is 433 g/mol. The molecule has 0 spiro atoms. The molecule has 0 aliphatic heterocycles. The Hall–Kier alpha value is -3.35. The van der Waals surface area contributed by atoms with Gasteiger partial charge in [0.05, 0.1) is 13.2 Å². The second kappa shape index (κ2) is 12.5. The third kappa shape index (κ3) is 7.72. The maximum atomic E-state index is 12.5. The number of hydrogen-bond acceptors (Lipinski definition) is 5. The highest BCUT2D eigenvalue weighted by molar-refractivity contribution is 5.67. The lowest BCUT2D eigenvalue weighted by Gasteiger charge is -2.25. The molecule has 6 heteroatoms. The predicted molar refractivity (Wildman–Crippen MR) is 126 cm³/mol. The number of hydrogen-bond donors (Lipinski definition) is 3. The lowest BCUT2D eigenvalue weighted by atomic mass is 10.00. The molecule has 32 heavy (non-hydrogen) atoms. The van der Waals surface area contributed by atoms with Gasteiger partial charge in [-0.3, -0.25) is 0 Å². The first-order valence-electron chi connectivity index (χ1n) is 10.7. The van der Waals surface area contributed by atoms with E-state index in [1.807, 2.05) is 84.9 Å². The number of carbonyl (C=O) groups excluding carboxylic acids is 1. The molecule has 3 aromatic rings. The Morgan fingerprint density at radius 2 is 1.56 bits per heavy atom. The molecule has 168 valence electrons. The summed E-state index contributed by atoms with van der Waals surface area (Å²) < 4.78 is 10.7. The van der Waals surface area contributed by atoms with Gasteiger partial charge in [-0.15, -0.1) is 0 Å². The minimum absolute atomic E-state index is 0.213. The maximum Gasteiger partial charge on any atom is 0.407 e. The van der Waals surface area contributed by atoms with Gasteiger partial charge in [0, 0.05) is 19.1 Å². The van der Waals surface area contributed by atoms with Gasteiger partial charge in [-0.1, -0.05) is 72.8 Å². The van der Waals surface area contributed by atoms with E-state index in [1.54, 1.807) is 7.11 Å². The number of methoxy groups -OCH3 is 1. The smallest absolute Gasteiger partial charge is 0.407 e. The normalized spacial score (nSPS) is 12.6. The van der Waals surface area contributed by atoms with Gasteiger partial charge in [-0.25, -0.2) is 4.79 Å². The molecular formula is C26H31N3O3. The first-order chi connectivity index (χ1) is 15.6. The lowest BCUT2D eigenvalue weighted by molar-refractivity contribution is 0.133. The van der Waals surface area contributed by atoms with E-state index in [4.69, 9.17) is 15.2 Å². The average Bonchev–Trinajstić information content (AvgIpc) is 2.83. The molecule has 0 saturated heterocycles. The fraction of sp³-hybridized carbons (Fsp3) is 0.269. The van der Waals surface area contributed by atoms with Crippen molar-refractivity contribution in [3.63, 3.8) is 0 Å². The quantitative estimate of drug-likeness (QED) is 0.430. The van der Waals surface area contributed by atoms with Crippen LogP contribution in [-0.2, 0) is 24.3 Å². The number of benzene rings is 3. The number of nitrogens with two attached hydrogens (primary N) is 1. The SMILES string of the molecule is COc1cccc(CNCC(NC(=O)OCc2ccccc2)[C@@H](N)Cc2ccccc2)c1. The van der Waals surface area contributed by atoms with Gasteiger partial charge in [-0.05, 0) is 35.2 Å². The van der Waals surface area contributed by atoms with Crippen molar-refractivity contribution in [2.75, 3.05) is 13.7 Å². The standard InChI is InChI=1S/C26H31N3O3/c1-31-23-14-8-13-22(15-23)17-28-18-25(24(27)16-20-9-4-2-5-10-20)29-26(30)32-19-21-11-6-3-7-12-21/h2-15,24-25,28H,16-19,27H2,1H3,(H,29,30)/t24-,25?/m0/s1. The molecule has 0 bridgehead atoms. The summed E-state index contributed by atoms with van der Waals surface area (Å²) in [7, 11) is 1.65. The summed E-state index contributed by atoms with van der Waals surface area (Å²) in [5.41, 5.74) is 9.65. The summed E-state index contributed by atoms with van der Waals surface area (Å²) in [6, 6.07) is 26.9. The molecule has 0 saturated carbocycles. The summed E-state index contributed by atoms with van der Waals surface area (Å²) in [6.45, 7) is 1.35. The number of nitrogens with one attached hydrogen (secondary N) is 2. The van der Waals surface area contributed by atoms with Crippen LogP contribution in [0.5, 0.6) is 5.75 Å². The summed E-state index contributed by atoms with van der Waals surface area (Å²) in [5.74, 6) is 0.809. The number of rotatable bonds is 11. The molecule has 0 radical (unpaired) electrons. The van der Waals surface area contributed by atoms with E-state index < -0.39 is 6.09 Å². The van der Waals surface area contributed by atoms with E-state index in [-0.39, 0.29) is 18.7 Å². The minimum Gasteiger partial charge on any atom is -0.497 e. The summed E-state index contributed by atoms with van der Waals surface area (Å²) >= 11 is 0. The Kier molecular flexibility index (Phi) is 9.10. The lowest BCUT2D eigenvalue weighted by Crippen LogP contribution is -2.53. The van der Waals surface area contributed by atoms with Crippen LogP contribution in [-0.4, -0.2) is 31.8 Å². The van der Waals surface area contributed by atoms with E-state index in [9.17, 15) is 4.79 Å².